The van der Waals surface area contributed by atoms with E-state index in [2.05, 4.69) is 40.9 Å². The Morgan fingerprint density at radius 1 is 1.33 bits per heavy atom. The molecule has 2 heterocycles. The molecule has 2 rings (SSSR count). The maximum absolute atomic E-state index is 3.19. The number of aryl methyl sites for hydroxylation is 1. The van der Waals surface area contributed by atoms with Crippen LogP contribution in [0.2, 0.25) is 0 Å². The average Bonchev–Trinajstić information content (AvgIpc) is 2.74. The Hall–Kier alpha value is -1.44. The van der Waals surface area contributed by atoms with Crippen LogP contribution in [0.4, 0.5) is 0 Å². The van der Waals surface area contributed by atoms with Gasteiger partial charge in [0.05, 0.1) is 11.4 Å². The van der Waals surface area contributed by atoms with Gasteiger partial charge in [0.15, 0.2) is 0 Å². The quantitative estimate of drug-likeness (QED) is 0.696. The van der Waals surface area contributed by atoms with Crippen LogP contribution in [0, 0.1) is 0 Å². The summed E-state index contributed by atoms with van der Waals surface area (Å²) in [6.07, 6.45) is 4.04. The Bertz CT molecular complexity index is 344. The second-order valence-electron chi connectivity index (χ2n) is 2.76. The number of hydrogen-bond donors (Lipinski definition) is 1. The molecule has 0 spiro atoms. The monoisotopic (exact) mass is 160 g/mol. The van der Waals surface area contributed by atoms with E-state index in [1.54, 1.807) is 0 Å². The number of nitrogens with zero attached hydrogens (tertiary/aromatic N) is 1. The van der Waals surface area contributed by atoms with Gasteiger partial charge >= 0.3 is 0 Å². The lowest BCUT2D eigenvalue weighted by atomic mass is 10.3. The van der Waals surface area contributed by atoms with Gasteiger partial charge in [0.1, 0.15) is 0 Å². The first-order chi connectivity index (χ1) is 5.92. The molecule has 0 unspecified atom stereocenters. The second kappa shape index (κ2) is 2.89. The third kappa shape index (κ3) is 1.05. The van der Waals surface area contributed by atoms with Crippen LogP contribution in [0.3, 0.4) is 0 Å². The Morgan fingerprint density at radius 3 is 2.92 bits per heavy atom. The highest BCUT2D eigenvalue weighted by molar-refractivity contribution is 5.55. The topological polar surface area (TPSA) is 20.7 Å². The third-order valence-electron chi connectivity index (χ3n) is 2.04. The molecular formula is C10H12N2. The molecule has 0 saturated heterocycles. The van der Waals surface area contributed by atoms with Crippen molar-refractivity contribution in [3.05, 3.63) is 36.7 Å². The minimum atomic E-state index is 1.02. The van der Waals surface area contributed by atoms with Gasteiger partial charge in [0, 0.05) is 18.9 Å². The van der Waals surface area contributed by atoms with Crippen molar-refractivity contribution in [1.29, 1.82) is 0 Å². The second-order valence-corrected chi connectivity index (χ2v) is 2.76. The molecule has 0 amide bonds. The van der Waals surface area contributed by atoms with Crippen molar-refractivity contribution in [1.82, 2.24) is 9.55 Å². The fraction of sp³-hybridized carbons (Fsp3) is 0.200. The molecule has 0 saturated carbocycles. The predicted octanol–water partition coefficient (Wildman–Crippen LogP) is 2.50. The van der Waals surface area contributed by atoms with Crippen LogP contribution < -0.4 is 0 Å². The van der Waals surface area contributed by atoms with Gasteiger partial charge < -0.3 is 9.55 Å². The number of aromatic nitrogens is 2. The van der Waals surface area contributed by atoms with Crippen LogP contribution in [-0.4, -0.2) is 9.55 Å². The summed E-state index contributed by atoms with van der Waals surface area (Å²) in [5.41, 5.74) is 2.43. The standard InChI is InChI=1S/C10H12N2/c1-2-12-8-4-6-10(12)9-5-3-7-11-9/h3-8,11H,2H2,1H3. The van der Waals surface area contributed by atoms with Gasteiger partial charge in [0.2, 0.25) is 0 Å². The summed E-state index contributed by atoms with van der Waals surface area (Å²) in [6.45, 7) is 3.16. The fourth-order valence-electron chi connectivity index (χ4n) is 1.42. The highest BCUT2D eigenvalue weighted by Crippen LogP contribution is 2.17. The van der Waals surface area contributed by atoms with Crippen molar-refractivity contribution >= 4 is 0 Å². The molecule has 0 atom stereocenters. The van der Waals surface area contributed by atoms with Gasteiger partial charge in [0.25, 0.3) is 0 Å². The normalized spacial score (nSPS) is 10.4. The maximum Gasteiger partial charge on any atom is 0.0645 e. The van der Waals surface area contributed by atoms with E-state index in [1.165, 1.54) is 11.4 Å². The lowest BCUT2D eigenvalue weighted by Crippen LogP contribution is -1.94. The average molecular weight is 160 g/mol. The van der Waals surface area contributed by atoms with Crippen molar-refractivity contribution in [3.8, 4) is 11.4 Å². The first-order valence-corrected chi connectivity index (χ1v) is 4.20. The molecular weight excluding hydrogens is 148 g/mol. The van der Waals surface area contributed by atoms with Crippen molar-refractivity contribution in [2.75, 3.05) is 0 Å². The van der Waals surface area contributed by atoms with E-state index in [0.29, 0.717) is 0 Å². The SMILES string of the molecule is CCn1cccc1-c1ccc[nH]1. The van der Waals surface area contributed by atoms with E-state index >= 15 is 0 Å². The predicted molar refractivity (Wildman–Crippen MR) is 49.9 cm³/mol. The van der Waals surface area contributed by atoms with E-state index < -0.39 is 0 Å². The van der Waals surface area contributed by atoms with Crippen LogP contribution in [0.15, 0.2) is 36.7 Å². The zero-order valence-corrected chi connectivity index (χ0v) is 7.12. The summed E-state index contributed by atoms with van der Waals surface area (Å²) >= 11 is 0. The molecule has 0 fully saturated rings. The minimum absolute atomic E-state index is 1.02. The van der Waals surface area contributed by atoms with Crippen molar-refractivity contribution in [2.24, 2.45) is 0 Å². The van der Waals surface area contributed by atoms with Crippen molar-refractivity contribution in [2.45, 2.75) is 13.5 Å². The van der Waals surface area contributed by atoms with E-state index in [1.807, 2.05) is 12.3 Å². The molecule has 2 aromatic rings. The van der Waals surface area contributed by atoms with E-state index in [-0.39, 0.29) is 0 Å². The largest absolute Gasteiger partial charge is 0.360 e. The summed E-state index contributed by atoms with van der Waals surface area (Å²) < 4.78 is 2.21. The number of aromatic amines is 1. The number of rotatable bonds is 2. The summed E-state index contributed by atoms with van der Waals surface area (Å²) in [4.78, 5) is 3.19. The van der Waals surface area contributed by atoms with Crippen molar-refractivity contribution < 1.29 is 0 Å². The molecule has 2 aromatic heterocycles. The molecule has 0 aliphatic carbocycles. The smallest absolute Gasteiger partial charge is 0.0645 e. The maximum atomic E-state index is 3.19. The molecule has 0 aliphatic heterocycles. The summed E-state index contributed by atoms with van der Waals surface area (Å²) in [5, 5.41) is 0. The molecule has 62 valence electrons. The molecule has 0 bridgehead atoms. The van der Waals surface area contributed by atoms with Gasteiger partial charge in [-0.1, -0.05) is 0 Å². The number of nitrogens with one attached hydrogen (secondary N) is 1. The van der Waals surface area contributed by atoms with Gasteiger partial charge in [-0.2, -0.15) is 0 Å². The van der Waals surface area contributed by atoms with E-state index in [4.69, 9.17) is 0 Å². The lowest BCUT2D eigenvalue weighted by Gasteiger charge is -2.03. The zero-order chi connectivity index (χ0) is 8.39. The van der Waals surface area contributed by atoms with Crippen LogP contribution in [0.25, 0.3) is 11.4 Å². The molecule has 2 nitrogen and oxygen atoms in total. The Labute approximate surface area is 71.8 Å². The van der Waals surface area contributed by atoms with Gasteiger partial charge in [-0.15, -0.1) is 0 Å². The molecule has 0 aromatic carbocycles. The minimum Gasteiger partial charge on any atom is -0.360 e. The first-order valence-electron chi connectivity index (χ1n) is 4.20. The zero-order valence-electron chi connectivity index (χ0n) is 7.12. The van der Waals surface area contributed by atoms with Crippen molar-refractivity contribution in [3.63, 3.8) is 0 Å². The van der Waals surface area contributed by atoms with Crippen LogP contribution in [0.5, 0.6) is 0 Å². The van der Waals surface area contributed by atoms with Gasteiger partial charge in [-0.05, 0) is 31.2 Å². The van der Waals surface area contributed by atoms with Gasteiger partial charge in [-0.3, -0.25) is 0 Å². The fourth-order valence-corrected chi connectivity index (χ4v) is 1.42. The van der Waals surface area contributed by atoms with E-state index in [0.717, 1.165) is 6.54 Å². The highest BCUT2D eigenvalue weighted by atomic mass is 15.0. The Kier molecular flexibility index (Phi) is 1.74. The molecule has 1 N–H and O–H groups in total. The Balaban J connectivity index is 2.46. The first kappa shape index (κ1) is 7.22. The summed E-state index contributed by atoms with van der Waals surface area (Å²) in [7, 11) is 0. The van der Waals surface area contributed by atoms with Crippen LogP contribution in [0.1, 0.15) is 6.92 Å². The van der Waals surface area contributed by atoms with E-state index in [9.17, 15) is 0 Å². The van der Waals surface area contributed by atoms with Gasteiger partial charge in [-0.25, -0.2) is 0 Å². The number of H-pyrrole nitrogens is 1. The Morgan fingerprint density at radius 2 is 2.25 bits per heavy atom. The van der Waals surface area contributed by atoms with Crippen LogP contribution >= 0.6 is 0 Å². The highest BCUT2D eigenvalue weighted by Gasteiger charge is 2.01. The molecule has 0 aliphatic rings. The number of hydrogen-bond acceptors (Lipinski definition) is 0. The van der Waals surface area contributed by atoms with Crippen LogP contribution in [-0.2, 0) is 6.54 Å². The summed E-state index contributed by atoms with van der Waals surface area (Å²) in [6, 6.07) is 8.29. The molecule has 2 heteroatoms. The molecule has 0 radical (unpaired) electrons. The lowest BCUT2D eigenvalue weighted by molar-refractivity contribution is 0.775. The molecule has 12 heavy (non-hydrogen) atoms. The third-order valence-corrected chi connectivity index (χ3v) is 2.04. The summed E-state index contributed by atoms with van der Waals surface area (Å²) in [5.74, 6) is 0.